The van der Waals surface area contributed by atoms with Crippen LogP contribution in [0.4, 0.5) is 8.78 Å². The Bertz CT molecular complexity index is 1050. The summed E-state index contributed by atoms with van der Waals surface area (Å²) in [4.78, 5) is 2.18. The van der Waals surface area contributed by atoms with Crippen LogP contribution in [0.1, 0.15) is 17.0 Å². The molecule has 0 aliphatic heterocycles. The first-order valence-corrected chi connectivity index (χ1v) is 9.78. The highest BCUT2D eigenvalue weighted by Crippen LogP contribution is 2.30. The minimum absolute atomic E-state index is 0.0109. The lowest BCUT2D eigenvalue weighted by atomic mass is 10.1. The zero-order valence-electron chi connectivity index (χ0n) is 17.4. The van der Waals surface area contributed by atoms with E-state index in [1.54, 1.807) is 23.9 Å². The number of aromatic nitrogens is 2. The minimum Gasteiger partial charge on any atom is -0.497 e. The van der Waals surface area contributed by atoms with E-state index >= 15 is 0 Å². The quantitative estimate of drug-likeness (QED) is 0.421. The highest BCUT2D eigenvalue weighted by molar-refractivity contribution is 7.71. The molecule has 0 aliphatic rings. The first kappa shape index (κ1) is 22.7. The van der Waals surface area contributed by atoms with E-state index in [9.17, 15) is 8.78 Å². The van der Waals surface area contributed by atoms with Gasteiger partial charge in [-0.3, -0.25) is 4.90 Å². The van der Waals surface area contributed by atoms with Gasteiger partial charge in [0.1, 0.15) is 5.75 Å². The number of alkyl halides is 2. The van der Waals surface area contributed by atoms with Crippen LogP contribution in [0.2, 0.25) is 0 Å². The van der Waals surface area contributed by atoms with Gasteiger partial charge < -0.3 is 18.6 Å². The highest BCUT2D eigenvalue weighted by atomic mass is 32.1. The number of ether oxygens (including phenoxy) is 3. The van der Waals surface area contributed by atoms with Crippen LogP contribution in [0.3, 0.4) is 0 Å². The summed E-state index contributed by atoms with van der Waals surface area (Å²) in [7, 11) is 4.87. The molecule has 0 spiro atoms. The molecule has 0 unspecified atom stereocenters. The third kappa shape index (κ3) is 6.25. The van der Waals surface area contributed by atoms with Crippen molar-refractivity contribution in [2.75, 3.05) is 21.3 Å². The first-order valence-electron chi connectivity index (χ1n) is 9.38. The predicted molar refractivity (Wildman–Crippen MR) is 112 cm³/mol. The van der Waals surface area contributed by atoms with Crippen molar-refractivity contribution in [3.8, 4) is 17.2 Å². The average Bonchev–Trinajstić information content (AvgIpc) is 3.06. The maximum absolute atomic E-state index is 12.6. The van der Waals surface area contributed by atoms with Crippen molar-refractivity contribution in [2.24, 2.45) is 0 Å². The maximum Gasteiger partial charge on any atom is 0.387 e. The van der Waals surface area contributed by atoms with Gasteiger partial charge in [-0.2, -0.15) is 8.78 Å². The zero-order chi connectivity index (χ0) is 22.4. The number of benzene rings is 2. The number of hydrogen-bond acceptors (Lipinski definition) is 7. The Morgan fingerprint density at radius 3 is 2.42 bits per heavy atom. The number of halogens is 2. The van der Waals surface area contributed by atoms with Gasteiger partial charge in [0.2, 0.25) is 5.89 Å². The van der Waals surface area contributed by atoms with Crippen LogP contribution in [0.15, 0.2) is 46.9 Å². The fourth-order valence-corrected chi connectivity index (χ4v) is 3.22. The molecule has 0 amide bonds. The van der Waals surface area contributed by atoms with Gasteiger partial charge in [-0.25, -0.2) is 4.68 Å². The summed E-state index contributed by atoms with van der Waals surface area (Å²) in [5, 5.41) is 4.44. The van der Waals surface area contributed by atoms with Crippen molar-refractivity contribution in [3.05, 3.63) is 64.3 Å². The smallest absolute Gasteiger partial charge is 0.387 e. The number of nitrogens with zero attached hydrogens (tertiary/aromatic N) is 3. The van der Waals surface area contributed by atoms with Crippen molar-refractivity contribution in [1.29, 1.82) is 0 Å². The fraction of sp³-hybridized carbons (Fsp3) is 0.333. The third-order valence-electron chi connectivity index (χ3n) is 4.43. The summed E-state index contributed by atoms with van der Waals surface area (Å²) in [5.74, 6) is 1.51. The molecule has 1 aromatic heterocycles. The second-order valence-electron chi connectivity index (χ2n) is 6.81. The average molecular weight is 451 g/mol. The van der Waals surface area contributed by atoms with Crippen molar-refractivity contribution >= 4 is 12.2 Å². The molecule has 1 heterocycles. The first-order chi connectivity index (χ1) is 14.9. The van der Waals surface area contributed by atoms with Gasteiger partial charge in [0.15, 0.2) is 11.5 Å². The van der Waals surface area contributed by atoms with Crippen LogP contribution in [0, 0.1) is 4.84 Å². The van der Waals surface area contributed by atoms with Gasteiger partial charge >= 0.3 is 6.61 Å². The Kier molecular flexibility index (Phi) is 7.59. The number of hydrogen-bond donors (Lipinski definition) is 0. The van der Waals surface area contributed by atoms with E-state index in [1.807, 2.05) is 36.2 Å². The van der Waals surface area contributed by atoms with Crippen molar-refractivity contribution < 1.29 is 27.4 Å². The summed E-state index contributed by atoms with van der Waals surface area (Å²) in [6.07, 6.45) is 0.497. The predicted octanol–water partition coefficient (Wildman–Crippen LogP) is 4.50. The Labute approximate surface area is 183 Å². The molecule has 0 fully saturated rings. The maximum atomic E-state index is 12.6. The zero-order valence-corrected chi connectivity index (χ0v) is 18.2. The topological polar surface area (TPSA) is 61.9 Å². The molecule has 0 N–H and O–H groups in total. The van der Waals surface area contributed by atoms with Crippen molar-refractivity contribution in [1.82, 2.24) is 14.7 Å². The Morgan fingerprint density at radius 1 is 1.06 bits per heavy atom. The normalized spacial score (nSPS) is 11.2. The largest absolute Gasteiger partial charge is 0.497 e. The van der Waals surface area contributed by atoms with E-state index in [4.69, 9.17) is 26.1 Å². The molecule has 0 bridgehead atoms. The standard InChI is InChI=1S/C21H23F2N3O4S/c1-25(12-15-6-9-17(28-3)18(10-15)29-20(22)23)13-26-21(31)30-19(24-26)11-14-4-7-16(27-2)8-5-14/h4-10,20H,11-13H2,1-3H3. The molecule has 7 nitrogen and oxygen atoms in total. The SMILES string of the molecule is COc1ccc(Cc2nn(CN(C)Cc3ccc(OC)c(OC(F)F)c3)c(=S)o2)cc1. The van der Waals surface area contributed by atoms with Crippen LogP contribution >= 0.6 is 12.2 Å². The van der Waals surface area contributed by atoms with E-state index < -0.39 is 6.61 Å². The van der Waals surface area contributed by atoms with Crippen molar-refractivity contribution in [2.45, 2.75) is 26.2 Å². The molecule has 166 valence electrons. The molecule has 0 atom stereocenters. The highest BCUT2D eigenvalue weighted by Gasteiger charge is 2.13. The molecule has 0 saturated heterocycles. The second kappa shape index (κ2) is 10.4. The van der Waals surface area contributed by atoms with E-state index in [0.717, 1.165) is 16.9 Å². The lowest BCUT2D eigenvalue weighted by Crippen LogP contribution is -2.22. The molecule has 0 saturated carbocycles. The lowest BCUT2D eigenvalue weighted by molar-refractivity contribution is -0.0512. The van der Waals surface area contributed by atoms with Gasteiger partial charge in [-0.1, -0.05) is 18.2 Å². The molecule has 0 radical (unpaired) electrons. The van der Waals surface area contributed by atoms with Gasteiger partial charge in [0, 0.05) is 6.54 Å². The Balaban J connectivity index is 1.65. The molecule has 0 aliphatic carbocycles. The molecule has 3 aromatic rings. The van der Waals surface area contributed by atoms with Gasteiger partial charge in [0.25, 0.3) is 4.84 Å². The summed E-state index contributed by atoms with van der Waals surface area (Å²) >= 11 is 5.28. The van der Waals surface area contributed by atoms with Crippen LogP contribution in [0.5, 0.6) is 17.2 Å². The molecule has 2 aromatic carbocycles. The van der Waals surface area contributed by atoms with Gasteiger partial charge in [-0.15, -0.1) is 5.10 Å². The summed E-state index contributed by atoms with van der Waals surface area (Å²) in [5.41, 5.74) is 1.79. The number of methoxy groups -OCH3 is 2. The van der Waals surface area contributed by atoms with E-state index in [1.165, 1.54) is 13.2 Å². The molecule has 3 rings (SSSR count). The van der Waals surface area contributed by atoms with E-state index in [2.05, 4.69) is 9.84 Å². The summed E-state index contributed by atoms with van der Waals surface area (Å²) < 4.78 is 47.2. The van der Waals surface area contributed by atoms with Crippen LogP contribution in [0.25, 0.3) is 0 Å². The van der Waals surface area contributed by atoms with E-state index in [-0.39, 0.29) is 16.3 Å². The summed E-state index contributed by atoms with van der Waals surface area (Å²) in [6.45, 7) is -2.12. The monoisotopic (exact) mass is 451 g/mol. The van der Waals surface area contributed by atoms with Crippen LogP contribution < -0.4 is 14.2 Å². The van der Waals surface area contributed by atoms with Gasteiger partial charge in [-0.05, 0) is 54.7 Å². The minimum atomic E-state index is -2.93. The van der Waals surface area contributed by atoms with Gasteiger partial charge in [0.05, 0.1) is 27.3 Å². The molecular weight excluding hydrogens is 428 g/mol. The third-order valence-corrected chi connectivity index (χ3v) is 4.73. The molecule has 31 heavy (non-hydrogen) atoms. The fourth-order valence-electron chi connectivity index (χ4n) is 3.03. The van der Waals surface area contributed by atoms with Crippen LogP contribution in [-0.2, 0) is 19.6 Å². The molecule has 10 heteroatoms. The van der Waals surface area contributed by atoms with E-state index in [0.29, 0.717) is 25.5 Å². The Hall–Kier alpha value is -2.98. The second-order valence-corrected chi connectivity index (χ2v) is 7.15. The number of rotatable bonds is 10. The molecular formula is C21H23F2N3O4S. The van der Waals surface area contributed by atoms with Crippen molar-refractivity contribution in [3.63, 3.8) is 0 Å². The van der Waals surface area contributed by atoms with Crippen LogP contribution in [-0.4, -0.2) is 42.6 Å². The lowest BCUT2D eigenvalue weighted by Gasteiger charge is -2.17. The summed E-state index contributed by atoms with van der Waals surface area (Å²) in [6, 6.07) is 12.5. The Morgan fingerprint density at radius 2 is 1.77 bits per heavy atom.